The fourth-order valence-electron chi connectivity index (χ4n) is 2.48. The van der Waals surface area contributed by atoms with Crippen LogP contribution in [0.25, 0.3) is 0 Å². The number of hydrogen-bond donors (Lipinski definition) is 0. The minimum absolute atomic E-state index is 0.00145. The second-order valence-corrected chi connectivity index (χ2v) is 5.75. The number of aromatic nitrogens is 1. The summed E-state index contributed by atoms with van der Waals surface area (Å²) in [5, 5.41) is 0. The second kappa shape index (κ2) is 11.4. The topological polar surface area (TPSA) is 30.0 Å². The highest BCUT2D eigenvalue weighted by molar-refractivity contribution is 5.95. The number of halogens is 1. The first kappa shape index (κ1) is 17.8. The summed E-state index contributed by atoms with van der Waals surface area (Å²) in [6.45, 7) is 2.24. The lowest BCUT2D eigenvalue weighted by Crippen LogP contribution is -2.00. The Bertz CT molecular complexity index is 406. The van der Waals surface area contributed by atoms with E-state index in [2.05, 4.69) is 11.9 Å². The van der Waals surface area contributed by atoms with Gasteiger partial charge in [0.05, 0.1) is 6.20 Å². The van der Waals surface area contributed by atoms with Gasteiger partial charge in [-0.05, 0) is 12.5 Å². The maximum absolute atomic E-state index is 13.0. The minimum atomic E-state index is -0.441. The third-order valence-corrected chi connectivity index (χ3v) is 3.78. The molecule has 0 fully saturated rings. The van der Waals surface area contributed by atoms with Crippen LogP contribution in [0.15, 0.2) is 18.5 Å². The summed E-state index contributed by atoms with van der Waals surface area (Å²) in [5.74, 6) is -0.439. The van der Waals surface area contributed by atoms with Crippen LogP contribution < -0.4 is 0 Å². The zero-order chi connectivity index (χ0) is 15.3. The molecule has 1 aromatic rings. The third-order valence-electron chi connectivity index (χ3n) is 3.78. The smallest absolute Gasteiger partial charge is 0.164 e. The first-order valence-corrected chi connectivity index (χ1v) is 8.37. The molecule has 3 heteroatoms. The highest BCUT2D eigenvalue weighted by Crippen LogP contribution is 2.13. The Kier molecular flexibility index (Phi) is 9.68. The van der Waals surface area contributed by atoms with Gasteiger partial charge in [-0.25, -0.2) is 4.39 Å². The monoisotopic (exact) mass is 293 g/mol. The molecule has 0 aliphatic heterocycles. The molecule has 21 heavy (non-hydrogen) atoms. The quantitative estimate of drug-likeness (QED) is 0.364. The van der Waals surface area contributed by atoms with E-state index in [0.717, 1.165) is 19.0 Å². The van der Waals surface area contributed by atoms with E-state index in [-0.39, 0.29) is 5.78 Å². The van der Waals surface area contributed by atoms with E-state index in [1.807, 2.05) is 0 Å². The van der Waals surface area contributed by atoms with Gasteiger partial charge < -0.3 is 0 Å². The summed E-state index contributed by atoms with van der Waals surface area (Å²) in [5.41, 5.74) is 0.394. The first-order valence-electron chi connectivity index (χ1n) is 8.37. The summed E-state index contributed by atoms with van der Waals surface area (Å²) < 4.78 is 13.0. The van der Waals surface area contributed by atoms with Gasteiger partial charge in [0.25, 0.3) is 0 Å². The number of carbonyl (C=O) groups excluding carboxylic acids is 1. The number of ketones is 1. The van der Waals surface area contributed by atoms with Crippen molar-refractivity contribution in [1.82, 2.24) is 4.98 Å². The van der Waals surface area contributed by atoms with Gasteiger partial charge in [0.15, 0.2) is 5.78 Å². The zero-order valence-corrected chi connectivity index (χ0v) is 13.2. The molecule has 1 rings (SSSR count). The Morgan fingerprint density at radius 3 is 2.10 bits per heavy atom. The van der Waals surface area contributed by atoms with Gasteiger partial charge in [-0.2, -0.15) is 0 Å². The summed E-state index contributed by atoms with van der Waals surface area (Å²) >= 11 is 0. The van der Waals surface area contributed by atoms with Gasteiger partial charge in [0.1, 0.15) is 5.82 Å². The lowest BCUT2D eigenvalue weighted by molar-refractivity contribution is 0.0978. The minimum Gasteiger partial charge on any atom is -0.294 e. The highest BCUT2D eigenvalue weighted by Gasteiger charge is 2.06. The molecular formula is C18H28FNO. The lowest BCUT2D eigenvalue weighted by Gasteiger charge is -2.03. The summed E-state index contributed by atoms with van der Waals surface area (Å²) in [4.78, 5) is 15.5. The van der Waals surface area contributed by atoms with Gasteiger partial charge in [-0.15, -0.1) is 0 Å². The van der Waals surface area contributed by atoms with E-state index in [9.17, 15) is 9.18 Å². The molecule has 0 aliphatic carbocycles. The molecule has 1 heterocycles. The van der Waals surface area contributed by atoms with Crippen LogP contribution in [-0.4, -0.2) is 10.8 Å². The van der Waals surface area contributed by atoms with Crippen LogP contribution in [-0.2, 0) is 0 Å². The molecule has 0 saturated carbocycles. The van der Waals surface area contributed by atoms with E-state index in [1.165, 1.54) is 63.6 Å². The van der Waals surface area contributed by atoms with Crippen molar-refractivity contribution >= 4 is 5.78 Å². The van der Waals surface area contributed by atoms with Gasteiger partial charge >= 0.3 is 0 Å². The van der Waals surface area contributed by atoms with Crippen LogP contribution in [0.5, 0.6) is 0 Å². The zero-order valence-electron chi connectivity index (χ0n) is 13.2. The SMILES string of the molecule is CCCCCCCCCCCCC(=O)c1cncc(F)c1. The molecule has 0 atom stereocenters. The highest BCUT2D eigenvalue weighted by atomic mass is 19.1. The van der Waals surface area contributed by atoms with Crippen molar-refractivity contribution in [1.29, 1.82) is 0 Å². The van der Waals surface area contributed by atoms with Crippen molar-refractivity contribution in [3.63, 3.8) is 0 Å². The van der Waals surface area contributed by atoms with Crippen LogP contribution in [0.1, 0.15) is 87.9 Å². The number of Topliss-reactive ketones (excluding diaryl/α,β-unsaturated/α-hetero) is 1. The molecule has 0 N–H and O–H groups in total. The molecule has 0 bridgehead atoms. The van der Waals surface area contributed by atoms with E-state index in [1.54, 1.807) is 0 Å². The van der Waals surface area contributed by atoms with Crippen molar-refractivity contribution < 1.29 is 9.18 Å². The van der Waals surface area contributed by atoms with Crippen molar-refractivity contribution in [3.8, 4) is 0 Å². The molecule has 0 spiro atoms. The fraction of sp³-hybridized carbons (Fsp3) is 0.667. The molecule has 0 aromatic carbocycles. The number of rotatable bonds is 12. The van der Waals surface area contributed by atoms with E-state index in [0.29, 0.717) is 12.0 Å². The van der Waals surface area contributed by atoms with Crippen LogP contribution in [0, 0.1) is 5.82 Å². The van der Waals surface area contributed by atoms with Crippen LogP contribution in [0.2, 0.25) is 0 Å². The molecule has 1 aromatic heterocycles. The van der Waals surface area contributed by atoms with E-state index in [4.69, 9.17) is 0 Å². The summed E-state index contributed by atoms with van der Waals surface area (Å²) in [6.07, 6.45) is 15.6. The molecule has 0 unspecified atom stereocenters. The number of carbonyl (C=O) groups is 1. The van der Waals surface area contributed by atoms with Crippen LogP contribution in [0.3, 0.4) is 0 Å². The normalized spacial score (nSPS) is 10.8. The maximum Gasteiger partial charge on any atom is 0.164 e. The van der Waals surface area contributed by atoms with E-state index < -0.39 is 5.82 Å². The molecule has 118 valence electrons. The van der Waals surface area contributed by atoms with Gasteiger partial charge in [-0.1, -0.05) is 64.7 Å². The van der Waals surface area contributed by atoms with Crippen molar-refractivity contribution in [2.45, 2.75) is 77.6 Å². The van der Waals surface area contributed by atoms with Crippen LogP contribution in [0.4, 0.5) is 4.39 Å². The first-order chi connectivity index (χ1) is 10.2. The van der Waals surface area contributed by atoms with Gasteiger partial charge in [0.2, 0.25) is 0 Å². The van der Waals surface area contributed by atoms with Crippen molar-refractivity contribution in [2.24, 2.45) is 0 Å². The number of nitrogens with zero attached hydrogens (tertiary/aromatic N) is 1. The molecular weight excluding hydrogens is 265 g/mol. The Labute approximate surface area is 128 Å². The van der Waals surface area contributed by atoms with Crippen molar-refractivity contribution in [2.75, 3.05) is 0 Å². The molecule has 0 radical (unpaired) electrons. The predicted octanol–water partition coefficient (Wildman–Crippen LogP) is 5.71. The largest absolute Gasteiger partial charge is 0.294 e. The summed E-state index contributed by atoms with van der Waals surface area (Å²) in [7, 11) is 0. The molecule has 2 nitrogen and oxygen atoms in total. The number of unbranched alkanes of at least 4 members (excludes halogenated alkanes) is 9. The predicted molar refractivity (Wildman–Crippen MR) is 85.0 cm³/mol. The Hall–Kier alpha value is -1.25. The Balaban J connectivity index is 1.98. The van der Waals surface area contributed by atoms with Crippen LogP contribution >= 0.6 is 0 Å². The third kappa shape index (κ3) is 8.59. The van der Waals surface area contributed by atoms with E-state index >= 15 is 0 Å². The summed E-state index contributed by atoms with van der Waals surface area (Å²) in [6, 6.07) is 1.27. The van der Waals surface area contributed by atoms with Crippen molar-refractivity contribution in [3.05, 3.63) is 29.8 Å². The molecule has 0 saturated heterocycles. The molecule has 0 amide bonds. The number of hydrogen-bond acceptors (Lipinski definition) is 2. The lowest BCUT2D eigenvalue weighted by atomic mass is 10.0. The standard InChI is InChI=1S/C18H28FNO/c1-2-3-4-5-6-7-8-9-10-11-12-18(21)16-13-17(19)15-20-14-16/h13-15H,2-12H2,1H3. The molecule has 0 aliphatic rings. The average molecular weight is 293 g/mol. The number of pyridine rings is 1. The second-order valence-electron chi connectivity index (χ2n) is 5.75. The Morgan fingerprint density at radius 2 is 1.52 bits per heavy atom. The average Bonchev–Trinajstić information content (AvgIpc) is 2.49. The fourth-order valence-corrected chi connectivity index (χ4v) is 2.48. The van der Waals surface area contributed by atoms with Gasteiger partial charge in [-0.3, -0.25) is 9.78 Å². The van der Waals surface area contributed by atoms with Gasteiger partial charge in [0, 0.05) is 18.2 Å². The maximum atomic E-state index is 13.0. The Morgan fingerprint density at radius 1 is 0.952 bits per heavy atom.